The number of hydrogen-bond acceptors (Lipinski definition) is 10. The van der Waals surface area contributed by atoms with E-state index >= 15 is 0 Å². The fourth-order valence-corrected chi connectivity index (χ4v) is 5.59. The Morgan fingerprint density at radius 1 is 1.00 bits per heavy atom. The lowest BCUT2D eigenvalue weighted by Gasteiger charge is -2.33. The third-order valence-corrected chi connectivity index (χ3v) is 8.04. The number of carboxylic acid groups (broad SMARTS) is 1. The SMILES string of the molecule is CCOc1cc(N2CCC(C(=O)NCCOCCNC(=O)O)CC2)ccc1Nc1ncc2c(n1)N(C)c1ccccc1C(=O)N2C. The van der Waals surface area contributed by atoms with Crippen LogP contribution in [-0.4, -0.2) is 93.1 Å². The van der Waals surface area contributed by atoms with Crippen LogP contribution in [-0.2, 0) is 9.53 Å². The summed E-state index contributed by atoms with van der Waals surface area (Å²) in [5.74, 6) is 1.42. The lowest BCUT2D eigenvalue weighted by Crippen LogP contribution is -2.41. The van der Waals surface area contributed by atoms with Crippen molar-refractivity contribution < 1.29 is 29.0 Å². The number of piperidine rings is 1. The summed E-state index contributed by atoms with van der Waals surface area (Å²) >= 11 is 0. The average molecular weight is 633 g/mol. The standard InChI is InChI=1S/C32H40N8O6/c1-4-46-27-19-22(40-15-11-21(12-16-40)29(41)33-13-17-45-18-14-34-32(43)44)9-10-24(27)36-31-35-20-26-28(37-31)38(2)25-8-6-5-7-23(25)30(42)39(26)3/h5-10,19-21,34H,4,11-18H2,1-3H3,(H,33,41)(H,43,44)(H,35,36,37). The molecule has 14 heteroatoms. The zero-order valence-corrected chi connectivity index (χ0v) is 26.3. The Labute approximate surface area is 267 Å². The Morgan fingerprint density at radius 3 is 2.48 bits per heavy atom. The molecule has 5 rings (SSSR count). The first kappa shape index (κ1) is 32.3. The summed E-state index contributed by atoms with van der Waals surface area (Å²) in [7, 11) is 3.60. The zero-order chi connectivity index (χ0) is 32.6. The van der Waals surface area contributed by atoms with Crippen molar-refractivity contribution in [2.75, 3.05) is 80.1 Å². The highest BCUT2D eigenvalue weighted by molar-refractivity contribution is 6.13. The molecular weight excluding hydrogens is 592 g/mol. The van der Waals surface area contributed by atoms with Crippen molar-refractivity contribution in [2.24, 2.45) is 5.92 Å². The quantitative estimate of drug-likeness (QED) is 0.216. The van der Waals surface area contributed by atoms with Crippen LogP contribution in [0.15, 0.2) is 48.7 Å². The molecule has 0 unspecified atom stereocenters. The third kappa shape index (κ3) is 7.40. The Hall–Kier alpha value is -5.11. The molecule has 14 nitrogen and oxygen atoms in total. The van der Waals surface area contributed by atoms with Crippen molar-refractivity contribution in [1.82, 2.24) is 20.6 Å². The number of benzene rings is 2. The summed E-state index contributed by atoms with van der Waals surface area (Å²) in [6, 6.07) is 13.4. The van der Waals surface area contributed by atoms with Gasteiger partial charge in [-0.15, -0.1) is 0 Å². The molecule has 1 saturated heterocycles. The lowest BCUT2D eigenvalue weighted by atomic mass is 9.95. The number of aromatic nitrogens is 2. The fourth-order valence-electron chi connectivity index (χ4n) is 5.59. The monoisotopic (exact) mass is 632 g/mol. The fraction of sp³-hybridized carbons (Fsp3) is 0.406. The molecule has 0 aliphatic carbocycles. The minimum absolute atomic E-state index is 0.00640. The number of para-hydroxylation sites is 1. The number of anilines is 6. The zero-order valence-electron chi connectivity index (χ0n) is 26.3. The topological polar surface area (TPSA) is 161 Å². The number of nitrogens with zero attached hydrogens (tertiary/aromatic N) is 5. The van der Waals surface area contributed by atoms with Gasteiger partial charge in [-0.1, -0.05) is 12.1 Å². The second-order valence-electron chi connectivity index (χ2n) is 11.0. The predicted octanol–water partition coefficient (Wildman–Crippen LogP) is 3.59. The summed E-state index contributed by atoms with van der Waals surface area (Å²) < 4.78 is 11.3. The first-order valence-electron chi connectivity index (χ1n) is 15.4. The van der Waals surface area contributed by atoms with E-state index in [1.807, 2.05) is 61.3 Å². The predicted molar refractivity (Wildman–Crippen MR) is 175 cm³/mol. The molecule has 0 spiro atoms. The summed E-state index contributed by atoms with van der Waals surface area (Å²) in [6.45, 7) is 5.01. The maximum atomic E-state index is 13.1. The van der Waals surface area contributed by atoms with Gasteiger partial charge in [0.25, 0.3) is 5.91 Å². The van der Waals surface area contributed by atoms with Crippen LogP contribution >= 0.6 is 0 Å². The molecule has 46 heavy (non-hydrogen) atoms. The van der Waals surface area contributed by atoms with E-state index in [0.29, 0.717) is 54.2 Å². The van der Waals surface area contributed by atoms with Crippen molar-refractivity contribution in [1.29, 1.82) is 0 Å². The van der Waals surface area contributed by atoms with E-state index in [1.165, 1.54) is 0 Å². The van der Waals surface area contributed by atoms with Crippen LogP contribution < -0.4 is 35.4 Å². The summed E-state index contributed by atoms with van der Waals surface area (Å²) in [5, 5.41) is 17.0. The van der Waals surface area contributed by atoms with Crippen LogP contribution in [0.25, 0.3) is 0 Å². The lowest BCUT2D eigenvalue weighted by molar-refractivity contribution is -0.125. The Kier molecular flexibility index (Phi) is 10.4. The highest BCUT2D eigenvalue weighted by atomic mass is 16.5. The van der Waals surface area contributed by atoms with E-state index in [0.717, 1.165) is 37.3 Å². The average Bonchev–Trinajstić information content (AvgIpc) is 3.14. The van der Waals surface area contributed by atoms with Crippen molar-refractivity contribution in [3.63, 3.8) is 0 Å². The van der Waals surface area contributed by atoms with Crippen molar-refractivity contribution in [2.45, 2.75) is 19.8 Å². The van der Waals surface area contributed by atoms with Gasteiger partial charge < -0.3 is 45.2 Å². The maximum absolute atomic E-state index is 13.1. The van der Waals surface area contributed by atoms with E-state index in [1.54, 1.807) is 18.1 Å². The van der Waals surface area contributed by atoms with Gasteiger partial charge in [0.05, 0.1) is 43.0 Å². The van der Waals surface area contributed by atoms with Crippen LogP contribution in [0.4, 0.5) is 39.3 Å². The molecule has 4 N–H and O–H groups in total. The first-order valence-corrected chi connectivity index (χ1v) is 15.4. The smallest absolute Gasteiger partial charge is 0.404 e. The van der Waals surface area contributed by atoms with Gasteiger partial charge in [-0.3, -0.25) is 9.59 Å². The molecular formula is C32H40N8O6. The van der Waals surface area contributed by atoms with Crippen molar-refractivity contribution >= 4 is 52.4 Å². The molecule has 3 amide bonds. The van der Waals surface area contributed by atoms with Gasteiger partial charge >= 0.3 is 6.09 Å². The van der Waals surface area contributed by atoms with Gasteiger partial charge in [-0.25, -0.2) is 9.78 Å². The molecule has 0 saturated carbocycles. The van der Waals surface area contributed by atoms with E-state index in [2.05, 4.69) is 25.8 Å². The van der Waals surface area contributed by atoms with Gasteiger partial charge in [-0.05, 0) is 44.0 Å². The van der Waals surface area contributed by atoms with Gasteiger partial charge in [0.1, 0.15) is 11.4 Å². The summed E-state index contributed by atoms with van der Waals surface area (Å²) in [5.41, 5.74) is 3.66. The number of amides is 3. The highest BCUT2D eigenvalue weighted by Crippen LogP contribution is 2.39. The van der Waals surface area contributed by atoms with Crippen LogP contribution in [0.1, 0.15) is 30.1 Å². The molecule has 3 aromatic rings. The largest absolute Gasteiger partial charge is 0.492 e. The highest BCUT2D eigenvalue weighted by Gasteiger charge is 2.29. The molecule has 2 aromatic carbocycles. The molecule has 2 aliphatic heterocycles. The van der Waals surface area contributed by atoms with E-state index < -0.39 is 6.09 Å². The van der Waals surface area contributed by atoms with Crippen LogP contribution in [0, 0.1) is 5.92 Å². The second kappa shape index (κ2) is 14.8. The number of nitrogens with one attached hydrogen (secondary N) is 3. The van der Waals surface area contributed by atoms with Crippen LogP contribution in [0.2, 0.25) is 0 Å². The number of hydrogen-bond donors (Lipinski definition) is 4. The van der Waals surface area contributed by atoms with Gasteiger partial charge in [0.15, 0.2) is 5.82 Å². The number of carbonyl (C=O) groups is 3. The Bertz CT molecular complexity index is 1560. The van der Waals surface area contributed by atoms with Crippen LogP contribution in [0.5, 0.6) is 5.75 Å². The normalized spacial score (nSPS) is 14.7. The number of carbonyl (C=O) groups excluding carboxylic acids is 2. The van der Waals surface area contributed by atoms with Gasteiger partial charge in [0, 0.05) is 57.9 Å². The van der Waals surface area contributed by atoms with Crippen LogP contribution in [0.3, 0.4) is 0 Å². The summed E-state index contributed by atoms with van der Waals surface area (Å²) in [4.78, 5) is 51.2. The summed E-state index contributed by atoms with van der Waals surface area (Å²) in [6.07, 6.45) is 1.99. The molecule has 0 radical (unpaired) electrons. The molecule has 1 fully saturated rings. The Balaban J connectivity index is 1.20. The number of ether oxygens (including phenoxy) is 2. The number of rotatable bonds is 12. The second-order valence-corrected chi connectivity index (χ2v) is 11.0. The number of fused-ring (bicyclic) bond motifs is 2. The van der Waals surface area contributed by atoms with Gasteiger partial charge in [0.2, 0.25) is 11.9 Å². The van der Waals surface area contributed by atoms with Gasteiger partial charge in [-0.2, -0.15) is 4.98 Å². The molecule has 244 valence electrons. The molecule has 1 aromatic heterocycles. The maximum Gasteiger partial charge on any atom is 0.404 e. The first-order chi connectivity index (χ1) is 22.3. The molecule has 0 bridgehead atoms. The van der Waals surface area contributed by atoms with Crippen molar-refractivity contribution in [3.05, 3.63) is 54.2 Å². The Morgan fingerprint density at radius 2 is 1.74 bits per heavy atom. The van der Waals surface area contributed by atoms with E-state index in [9.17, 15) is 14.4 Å². The molecule has 3 heterocycles. The molecule has 0 atom stereocenters. The van der Waals surface area contributed by atoms with E-state index in [4.69, 9.17) is 19.6 Å². The minimum Gasteiger partial charge on any atom is -0.492 e. The molecule has 2 aliphatic rings. The third-order valence-electron chi connectivity index (χ3n) is 8.04. The van der Waals surface area contributed by atoms with E-state index in [-0.39, 0.29) is 30.9 Å². The van der Waals surface area contributed by atoms with Crippen molar-refractivity contribution in [3.8, 4) is 5.75 Å². The minimum atomic E-state index is -1.09.